The summed E-state index contributed by atoms with van der Waals surface area (Å²) in [6.45, 7) is 10.8. The summed E-state index contributed by atoms with van der Waals surface area (Å²) >= 11 is 14.1. The zero-order chi connectivity index (χ0) is 28.8. The highest BCUT2D eigenvalue weighted by Gasteiger charge is 2.40. The molecule has 1 aliphatic carbocycles. The number of alkyl carbamates (subject to hydrolysis) is 1. The number of esters is 1. The third-order valence-electron chi connectivity index (χ3n) is 6.34. The summed E-state index contributed by atoms with van der Waals surface area (Å²) in [7, 11) is 0. The number of rotatable bonds is 10. The van der Waals surface area contributed by atoms with Crippen molar-refractivity contribution in [1.82, 2.24) is 15.3 Å². The first-order valence-electron chi connectivity index (χ1n) is 13.3. The van der Waals surface area contributed by atoms with Crippen LogP contribution in [-0.2, 0) is 19.7 Å². The van der Waals surface area contributed by atoms with Crippen LogP contribution in [0, 0.1) is 0 Å². The van der Waals surface area contributed by atoms with Crippen molar-refractivity contribution in [3.8, 4) is 11.1 Å². The molecule has 0 aliphatic heterocycles. The molecule has 7 nitrogen and oxygen atoms in total. The van der Waals surface area contributed by atoms with Crippen LogP contribution in [-0.4, -0.2) is 50.8 Å². The van der Waals surface area contributed by atoms with Gasteiger partial charge in [0.05, 0.1) is 0 Å². The number of thioether (sulfide) groups is 1. The second kappa shape index (κ2) is 13.1. The van der Waals surface area contributed by atoms with Crippen LogP contribution in [0.15, 0.2) is 30.6 Å². The molecule has 1 aromatic carbocycles. The van der Waals surface area contributed by atoms with Crippen LogP contribution >= 0.6 is 35.0 Å². The SMILES string of the molecule is CC(C)(C)OC(=O)N[C@@H](CCSCCC1(c2ncc(-c3ccc(Cl)cc3Cl)cn2)CCC1)C(=O)OC(C)(C)C. The van der Waals surface area contributed by atoms with Gasteiger partial charge in [0.15, 0.2) is 0 Å². The fourth-order valence-electron chi connectivity index (χ4n) is 4.30. The number of hydrogen-bond donors (Lipinski definition) is 1. The number of hydrogen-bond acceptors (Lipinski definition) is 7. The van der Waals surface area contributed by atoms with Crippen LogP contribution in [0.5, 0.6) is 0 Å². The monoisotopic (exact) mass is 595 g/mol. The lowest BCUT2D eigenvalue weighted by Gasteiger charge is -2.40. The Morgan fingerprint density at radius 1 is 1.03 bits per heavy atom. The molecule has 1 atom stereocenters. The van der Waals surface area contributed by atoms with E-state index in [1.54, 1.807) is 65.4 Å². The average Bonchev–Trinajstić information content (AvgIpc) is 2.77. The highest BCUT2D eigenvalue weighted by molar-refractivity contribution is 7.99. The van der Waals surface area contributed by atoms with Gasteiger partial charge in [-0.05, 0) is 90.9 Å². The van der Waals surface area contributed by atoms with Gasteiger partial charge in [-0.15, -0.1) is 0 Å². The lowest BCUT2D eigenvalue weighted by atomic mass is 9.66. The molecule has 2 aromatic rings. The highest BCUT2D eigenvalue weighted by Crippen LogP contribution is 2.45. The Balaban J connectivity index is 1.56. The fraction of sp³-hybridized carbons (Fsp3) is 0.586. The molecule has 214 valence electrons. The predicted molar refractivity (Wildman–Crippen MR) is 159 cm³/mol. The van der Waals surface area contributed by atoms with Crippen molar-refractivity contribution < 1.29 is 19.1 Å². The third-order valence-corrected chi connectivity index (χ3v) is 7.90. The predicted octanol–water partition coefficient (Wildman–Crippen LogP) is 7.62. The molecule has 3 rings (SSSR count). The van der Waals surface area contributed by atoms with Gasteiger partial charge in [-0.25, -0.2) is 19.6 Å². The zero-order valence-corrected chi connectivity index (χ0v) is 25.9. The minimum Gasteiger partial charge on any atom is -0.458 e. The van der Waals surface area contributed by atoms with E-state index in [9.17, 15) is 9.59 Å². The largest absolute Gasteiger partial charge is 0.458 e. The second-order valence-electron chi connectivity index (χ2n) is 11.9. The van der Waals surface area contributed by atoms with Gasteiger partial charge in [0.2, 0.25) is 0 Å². The van der Waals surface area contributed by atoms with Crippen molar-refractivity contribution >= 4 is 47.0 Å². The summed E-state index contributed by atoms with van der Waals surface area (Å²) in [5, 5.41) is 3.85. The van der Waals surface area contributed by atoms with E-state index in [1.807, 2.05) is 18.5 Å². The molecule has 0 spiro atoms. The summed E-state index contributed by atoms with van der Waals surface area (Å²) in [5.74, 6) is 1.98. The Hall–Kier alpha value is -2.03. The summed E-state index contributed by atoms with van der Waals surface area (Å²) < 4.78 is 10.9. The topological polar surface area (TPSA) is 90.4 Å². The van der Waals surface area contributed by atoms with E-state index in [1.165, 1.54) is 0 Å². The number of halogens is 2. The van der Waals surface area contributed by atoms with Crippen molar-refractivity contribution in [2.75, 3.05) is 11.5 Å². The zero-order valence-electron chi connectivity index (χ0n) is 23.6. The van der Waals surface area contributed by atoms with Crippen molar-refractivity contribution in [1.29, 1.82) is 0 Å². The highest BCUT2D eigenvalue weighted by atomic mass is 35.5. The van der Waals surface area contributed by atoms with Crippen LogP contribution in [0.2, 0.25) is 10.0 Å². The Labute approximate surface area is 246 Å². The lowest BCUT2D eigenvalue weighted by molar-refractivity contribution is -0.157. The number of benzene rings is 1. The summed E-state index contributed by atoms with van der Waals surface area (Å²) in [4.78, 5) is 34.5. The molecule has 39 heavy (non-hydrogen) atoms. The van der Waals surface area contributed by atoms with Gasteiger partial charge in [0.25, 0.3) is 0 Å². The van der Waals surface area contributed by atoms with Crippen molar-refractivity contribution in [2.24, 2.45) is 0 Å². The average molecular weight is 597 g/mol. The summed E-state index contributed by atoms with van der Waals surface area (Å²) in [6, 6.07) is 4.62. The number of nitrogens with zero attached hydrogens (tertiary/aromatic N) is 2. The Morgan fingerprint density at radius 3 is 2.21 bits per heavy atom. The smallest absolute Gasteiger partial charge is 0.408 e. The van der Waals surface area contributed by atoms with Gasteiger partial charge < -0.3 is 14.8 Å². The molecular formula is C29H39Cl2N3O4S. The molecule has 0 radical (unpaired) electrons. The molecule has 1 aromatic heterocycles. The van der Waals surface area contributed by atoms with Crippen LogP contribution in [0.4, 0.5) is 4.79 Å². The number of aromatic nitrogens is 2. The van der Waals surface area contributed by atoms with E-state index in [4.69, 9.17) is 42.6 Å². The first-order valence-corrected chi connectivity index (χ1v) is 15.2. The van der Waals surface area contributed by atoms with E-state index >= 15 is 0 Å². The van der Waals surface area contributed by atoms with E-state index in [2.05, 4.69) is 5.32 Å². The molecule has 0 bridgehead atoms. The number of carbonyl (C=O) groups excluding carboxylic acids is 2. The number of nitrogens with one attached hydrogen (secondary N) is 1. The van der Waals surface area contributed by atoms with Gasteiger partial charge in [-0.1, -0.05) is 35.7 Å². The van der Waals surface area contributed by atoms with Crippen LogP contribution in [0.25, 0.3) is 11.1 Å². The molecule has 1 aliphatic rings. The molecule has 1 N–H and O–H groups in total. The summed E-state index contributed by atoms with van der Waals surface area (Å²) in [6.07, 6.45) is 7.67. The first-order chi connectivity index (χ1) is 18.2. The second-order valence-corrected chi connectivity index (χ2v) is 14.0. The van der Waals surface area contributed by atoms with Crippen molar-refractivity contribution in [3.63, 3.8) is 0 Å². The molecule has 10 heteroatoms. The minimum atomic E-state index is -0.778. The molecule has 0 unspecified atom stereocenters. The maximum absolute atomic E-state index is 12.8. The number of amides is 1. The standard InChI is InChI=1S/C29H39Cl2N3O4S/c1-27(2,3)37-24(35)23(34-26(36)38-28(4,5)6)10-14-39-15-13-29(11-7-12-29)25-32-17-19(18-33-25)21-9-8-20(30)16-22(21)31/h8-9,16-18,23H,7,10-15H2,1-6H3,(H,34,36)/t23-/m0/s1. The molecule has 1 saturated carbocycles. The number of carbonyl (C=O) groups is 2. The Kier molecular flexibility index (Phi) is 10.6. The molecule has 0 saturated heterocycles. The Morgan fingerprint density at radius 2 is 1.67 bits per heavy atom. The van der Waals surface area contributed by atoms with Gasteiger partial charge in [-0.3, -0.25) is 0 Å². The van der Waals surface area contributed by atoms with Gasteiger partial charge in [0, 0.05) is 39.0 Å². The number of ether oxygens (including phenoxy) is 2. The Bertz CT molecular complexity index is 1140. The van der Waals surface area contributed by atoms with E-state index < -0.39 is 29.3 Å². The maximum Gasteiger partial charge on any atom is 0.408 e. The van der Waals surface area contributed by atoms with Gasteiger partial charge in [-0.2, -0.15) is 11.8 Å². The van der Waals surface area contributed by atoms with Crippen LogP contribution in [0.1, 0.15) is 79.5 Å². The van der Waals surface area contributed by atoms with E-state index in [0.717, 1.165) is 48.4 Å². The fourth-order valence-corrected chi connectivity index (χ4v) is 5.96. The third kappa shape index (κ3) is 9.54. The molecule has 1 fully saturated rings. The summed E-state index contributed by atoms with van der Waals surface area (Å²) in [5.41, 5.74) is 0.369. The van der Waals surface area contributed by atoms with Crippen LogP contribution in [0.3, 0.4) is 0 Å². The lowest BCUT2D eigenvalue weighted by Crippen LogP contribution is -2.46. The van der Waals surface area contributed by atoms with Gasteiger partial charge in [0.1, 0.15) is 23.1 Å². The van der Waals surface area contributed by atoms with E-state index in [-0.39, 0.29) is 5.41 Å². The molecular weight excluding hydrogens is 557 g/mol. The quantitative estimate of drug-likeness (QED) is 0.223. The normalized spacial score (nSPS) is 15.7. The van der Waals surface area contributed by atoms with Crippen molar-refractivity contribution in [3.05, 3.63) is 46.5 Å². The van der Waals surface area contributed by atoms with Crippen molar-refractivity contribution in [2.45, 2.75) is 96.3 Å². The maximum atomic E-state index is 12.8. The van der Waals surface area contributed by atoms with Gasteiger partial charge >= 0.3 is 12.1 Å². The minimum absolute atomic E-state index is 0.0331. The molecule has 1 heterocycles. The van der Waals surface area contributed by atoms with E-state index in [0.29, 0.717) is 22.2 Å². The molecule has 1 amide bonds. The van der Waals surface area contributed by atoms with Crippen LogP contribution < -0.4 is 5.32 Å². The first kappa shape index (κ1) is 31.5.